The molecule has 0 spiro atoms. The summed E-state index contributed by atoms with van der Waals surface area (Å²) in [6.45, 7) is 3.23. The molecule has 0 bridgehead atoms. The fraction of sp³-hybridized carbons (Fsp3) is 0.500. The van der Waals surface area contributed by atoms with Gasteiger partial charge < -0.3 is 10.1 Å². The van der Waals surface area contributed by atoms with Crippen molar-refractivity contribution in [3.05, 3.63) is 29.8 Å². The van der Waals surface area contributed by atoms with Gasteiger partial charge in [-0.2, -0.15) is 0 Å². The highest BCUT2D eigenvalue weighted by Gasteiger charge is 2.31. The van der Waals surface area contributed by atoms with Crippen LogP contribution < -0.4 is 10.1 Å². The van der Waals surface area contributed by atoms with E-state index < -0.39 is 6.36 Å². The number of ether oxygens (including phenoxy) is 1. The van der Waals surface area contributed by atoms with E-state index in [1.807, 2.05) is 0 Å². The molecular weight excluding hydrogens is 231 g/mol. The Morgan fingerprint density at radius 3 is 2.59 bits per heavy atom. The first-order chi connectivity index (χ1) is 8.03. The van der Waals surface area contributed by atoms with E-state index >= 15 is 0 Å². The Morgan fingerprint density at radius 1 is 1.24 bits per heavy atom. The van der Waals surface area contributed by atoms with Crippen LogP contribution in [0.3, 0.4) is 0 Å². The topological polar surface area (TPSA) is 21.3 Å². The van der Waals surface area contributed by atoms with Gasteiger partial charge in [0.25, 0.3) is 0 Å². The second kappa shape index (κ2) is 6.49. The fourth-order valence-corrected chi connectivity index (χ4v) is 1.40. The molecule has 0 aliphatic carbocycles. The maximum Gasteiger partial charge on any atom is 0.573 e. The monoisotopic (exact) mass is 247 g/mol. The summed E-state index contributed by atoms with van der Waals surface area (Å²) in [6.07, 6.45) is -2.59. The molecule has 1 aromatic rings. The van der Waals surface area contributed by atoms with Crippen molar-refractivity contribution < 1.29 is 17.9 Å². The number of hydrogen-bond acceptors (Lipinski definition) is 2. The van der Waals surface area contributed by atoms with Gasteiger partial charge in [-0.05, 0) is 19.0 Å². The minimum Gasteiger partial charge on any atom is -0.405 e. The van der Waals surface area contributed by atoms with Crippen LogP contribution in [-0.2, 0) is 6.54 Å². The van der Waals surface area contributed by atoms with Crippen LogP contribution in [0.4, 0.5) is 13.2 Å². The average Bonchev–Trinajstić information content (AvgIpc) is 2.24. The molecule has 17 heavy (non-hydrogen) atoms. The number of hydrogen-bond donors (Lipinski definition) is 1. The van der Waals surface area contributed by atoms with E-state index in [0.717, 1.165) is 19.4 Å². The number of rotatable bonds is 6. The van der Waals surface area contributed by atoms with Crippen LogP contribution in [-0.4, -0.2) is 12.9 Å². The molecular formula is C12H16F3NO. The molecule has 1 aromatic carbocycles. The second-order valence-electron chi connectivity index (χ2n) is 3.69. The number of para-hydroxylation sites is 1. The molecule has 0 radical (unpaired) electrons. The van der Waals surface area contributed by atoms with Crippen LogP contribution in [0.1, 0.15) is 25.3 Å². The van der Waals surface area contributed by atoms with Gasteiger partial charge in [0.1, 0.15) is 5.75 Å². The molecule has 1 N–H and O–H groups in total. The predicted molar refractivity (Wildman–Crippen MR) is 59.7 cm³/mol. The molecule has 0 saturated carbocycles. The molecule has 1 rings (SSSR count). The van der Waals surface area contributed by atoms with Crippen LogP contribution in [0.15, 0.2) is 24.3 Å². The van der Waals surface area contributed by atoms with Crippen molar-refractivity contribution in [2.45, 2.75) is 32.7 Å². The van der Waals surface area contributed by atoms with Gasteiger partial charge in [0.05, 0.1) is 0 Å². The first kappa shape index (κ1) is 13.8. The smallest absolute Gasteiger partial charge is 0.405 e. The largest absolute Gasteiger partial charge is 0.573 e. The van der Waals surface area contributed by atoms with Crippen LogP contribution in [0.25, 0.3) is 0 Å². The molecule has 0 unspecified atom stereocenters. The lowest BCUT2D eigenvalue weighted by Crippen LogP contribution is -2.20. The summed E-state index contributed by atoms with van der Waals surface area (Å²) < 4.78 is 40.3. The third kappa shape index (κ3) is 5.58. The Kier molecular flexibility index (Phi) is 5.28. The van der Waals surface area contributed by atoms with Gasteiger partial charge in [-0.25, -0.2) is 0 Å². The number of benzene rings is 1. The normalized spacial score (nSPS) is 11.5. The lowest BCUT2D eigenvalue weighted by Gasteiger charge is -2.13. The Bertz CT molecular complexity index is 339. The fourth-order valence-electron chi connectivity index (χ4n) is 1.40. The SMILES string of the molecule is CCCCNCc1ccccc1OC(F)(F)F. The third-order valence-corrected chi connectivity index (χ3v) is 2.22. The summed E-state index contributed by atoms with van der Waals surface area (Å²) in [5, 5.41) is 3.08. The summed E-state index contributed by atoms with van der Waals surface area (Å²) in [7, 11) is 0. The van der Waals surface area contributed by atoms with Crippen molar-refractivity contribution >= 4 is 0 Å². The van der Waals surface area contributed by atoms with Crippen molar-refractivity contribution in [2.24, 2.45) is 0 Å². The molecule has 0 saturated heterocycles. The van der Waals surface area contributed by atoms with Crippen molar-refractivity contribution in [2.75, 3.05) is 6.54 Å². The van der Waals surface area contributed by atoms with Gasteiger partial charge in [-0.1, -0.05) is 31.5 Å². The third-order valence-electron chi connectivity index (χ3n) is 2.22. The van der Waals surface area contributed by atoms with Crippen molar-refractivity contribution in [3.8, 4) is 5.75 Å². The Morgan fingerprint density at radius 2 is 1.94 bits per heavy atom. The molecule has 0 aliphatic rings. The average molecular weight is 247 g/mol. The van der Waals surface area contributed by atoms with Gasteiger partial charge in [0, 0.05) is 12.1 Å². The van der Waals surface area contributed by atoms with Crippen LogP contribution in [0, 0.1) is 0 Å². The van der Waals surface area contributed by atoms with E-state index in [1.165, 1.54) is 12.1 Å². The molecule has 0 heterocycles. The highest BCUT2D eigenvalue weighted by atomic mass is 19.4. The van der Waals surface area contributed by atoms with E-state index in [-0.39, 0.29) is 5.75 Å². The first-order valence-corrected chi connectivity index (χ1v) is 5.57. The van der Waals surface area contributed by atoms with Gasteiger partial charge >= 0.3 is 6.36 Å². The lowest BCUT2D eigenvalue weighted by atomic mass is 10.2. The van der Waals surface area contributed by atoms with E-state index in [2.05, 4.69) is 17.0 Å². The first-order valence-electron chi connectivity index (χ1n) is 5.57. The molecule has 0 fully saturated rings. The summed E-state index contributed by atoms with van der Waals surface area (Å²) >= 11 is 0. The van der Waals surface area contributed by atoms with E-state index in [9.17, 15) is 13.2 Å². The van der Waals surface area contributed by atoms with Gasteiger partial charge in [0.15, 0.2) is 0 Å². The molecule has 0 amide bonds. The maximum absolute atomic E-state index is 12.1. The number of unbranched alkanes of at least 4 members (excludes halogenated alkanes) is 1. The minimum absolute atomic E-state index is 0.135. The van der Waals surface area contributed by atoms with E-state index in [4.69, 9.17) is 0 Å². The Balaban J connectivity index is 2.58. The maximum atomic E-state index is 12.1. The quantitative estimate of drug-likeness (QED) is 0.777. The number of halogens is 3. The second-order valence-corrected chi connectivity index (χ2v) is 3.69. The van der Waals surface area contributed by atoms with Crippen LogP contribution in [0.2, 0.25) is 0 Å². The molecule has 0 aromatic heterocycles. The Labute approximate surface area is 98.8 Å². The Hall–Kier alpha value is -1.23. The predicted octanol–water partition coefficient (Wildman–Crippen LogP) is 3.47. The summed E-state index contributed by atoms with van der Waals surface area (Å²) in [5.41, 5.74) is 0.515. The van der Waals surface area contributed by atoms with Crippen molar-refractivity contribution in [3.63, 3.8) is 0 Å². The van der Waals surface area contributed by atoms with Gasteiger partial charge in [-0.3, -0.25) is 0 Å². The van der Waals surface area contributed by atoms with Crippen molar-refractivity contribution in [1.82, 2.24) is 5.32 Å². The number of alkyl halides is 3. The van der Waals surface area contributed by atoms with E-state index in [1.54, 1.807) is 12.1 Å². The molecule has 0 aliphatic heterocycles. The van der Waals surface area contributed by atoms with Gasteiger partial charge in [0.2, 0.25) is 0 Å². The lowest BCUT2D eigenvalue weighted by molar-refractivity contribution is -0.274. The molecule has 2 nitrogen and oxygen atoms in total. The van der Waals surface area contributed by atoms with Crippen molar-refractivity contribution in [1.29, 1.82) is 0 Å². The highest BCUT2D eigenvalue weighted by Crippen LogP contribution is 2.25. The van der Waals surface area contributed by atoms with Crippen LogP contribution >= 0.6 is 0 Å². The molecule has 96 valence electrons. The molecule has 0 atom stereocenters. The van der Waals surface area contributed by atoms with Gasteiger partial charge in [-0.15, -0.1) is 13.2 Å². The highest BCUT2D eigenvalue weighted by molar-refractivity contribution is 5.33. The standard InChI is InChI=1S/C12H16F3NO/c1-2-3-8-16-9-10-6-4-5-7-11(10)17-12(13,14)15/h4-7,16H,2-3,8-9H2,1H3. The van der Waals surface area contributed by atoms with E-state index in [0.29, 0.717) is 12.1 Å². The zero-order chi connectivity index (χ0) is 12.7. The zero-order valence-corrected chi connectivity index (χ0v) is 9.68. The minimum atomic E-state index is -4.64. The molecule has 5 heteroatoms. The summed E-state index contributed by atoms with van der Waals surface area (Å²) in [4.78, 5) is 0. The van der Waals surface area contributed by atoms with Crippen LogP contribution in [0.5, 0.6) is 5.75 Å². The summed E-state index contributed by atoms with van der Waals surface area (Å²) in [5.74, 6) is -0.135. The number of nitrogens with one attached hydrogen (secondary N) is 1. The summed E-state index contributed by atoms with van der Waals surface area (Å²) in [6, 6.07) is 6.17. The zero-order valence-electron chi connectivity index (χ0n) is 9.68.